The van der Waals surface area contributed by atoms with Crippen LogP contribution in [-0.4, -0.2) is 37.4 Å². The predicted octanol–water partition coefficient (Wildman–Crippen LogP) is 2.67. The van der Waals surface area contributed by atoms with Crippen LogP contribution in [0.15, 0.2) is 28.7 Å². The molecular formula is C15H26N2OS. The van der Waals surface area contributed by atoms with Crippen molar-refractivity contribution in [2.45, 2.75) is 32.3 Å². The van der Waals surface area contributed by atoms with Gasteiger partial charge in [0, 0.05) is 32.4 Å². The van der Waals surface area contributed by atoms with E-state index in [0.717, 1.165) is 31.8 Å². The van der Waals surface area contributed by atoms with Gasteiger partial charge in [-0.25, -0.2) is 0 Å². The smallest absolute Gasteiger partial charge is 0.0913 e. The van der Waals surface area contributed by atoms with Gasteiger partial charge in [0.1, 0.15) is 0 Å². The van der Waals surface area contributed by atoms with Crippen LogP contribution < -0.4 is 5.32 Å². The highest BCUT2D eigenvalue weighted by molar-refractivity contribution is 7.87. The molecule has 4 heteroatoms. The zero-order valence-corrected chi connectivity index (χ0v) is 13.1. The van der Waals surface area contributed by atoms with E-state index in [1.54, 1.807) is 7.11 Å². The van der Waals surface area contributed by atoms with Crippen molar-refractivity contribution in [2.24, 2.45) is 9.78 Å². The molecule has 1 aliphatic carbocycles. The standard InChI is InChI=1S/C15H26N2OS/c1-14(2)11-16-13-19(12-14)17-10-9-15(18-3)7-5-4-6-8-15/h4-7,16H,8-13H2,1-3H3. The summed E-state index contributed by atoms with van der Waals surface area (Å²) in [6.07, 6.45) is 10.5. The van der Waals surface area contributed by atoms with E-state index >= 15 is 0 Å². The molecule has 0 amide bonds. The maximum Gasteiger partial charge on any atom is 0.0913 e. The monoisotopic (exact) mass is 282 g/mol. The Kier molecular flexibility index (Phi) is 4.98. The van der Waals surface area contributed by atoms with E-state index in [9.17, 15) is 0 Å². The largest absolute Gasteiger partial charge is 0.374 e. The lowest BCUT2D eigenvalue weighted by Gasteiger charge is -2.32. The van der Waals surface area contributed by atoms with Crippen molar-refractivity contribution >= 4 is 10.7 Å². The van der Waals surface area contributed by atoms with Crippen LogP contribution in [0, 0.1) is 5.41 Å². The number of ether oxygens (including phenoxy) is 1. The summed E-state index contributed by atoms with van der Waals surface area (Å²) in [4.78, 5) is 0. The Hall–Kier alpha value is -0.450. The van der Waals surface area contributed by atoms with Gasteiger partial charge < -0.3 is 10.1 Å². The summed E-state index contributed by atoms with van der Waals surface area (Å²) < 4.78 is 10.6. The first kappa shape index (κ1) is 14.9. The van der Waals surface area contributed by atoms with Crippen LogP contribution in [0.4, 0.5) is 0 Å². The van der Waals surface area contributed by atoms with Crippen molar-refractivity contribution in [3.8, 4) is 0 Å². The summed E-state index contributed by atoms with van der Waals surface area (Å²) in [5.41, 5.74) is 0.262. The van der Waals surface area contributed by atoms with Crippen molar-refractivity contribution in [3.63, 3.8) is 0 Å². The van der Waals surface area contributed by atoms with Crippen LogP contribution in [0.25, 0.3) is 0 Å². The van der Waals surface area contributed by atoms with Gasteiger partial charge in [-0.2, -0.15) is 0 Å². The highest BCUT2D eigenvalue weighted by Gasteiger charge is 2.27. The number of nitrogens with one attached hydrogen (secondary N) is 1. The first-order valence-corrected chi connectivity index (χ1v) is 8.53. The summed E-state index contributed by atoms with van der Waals surface area (Å²) >= 11 is 0. The van der Waals surface area contributed by atoms with Crippen LogP contribution in [0.2, 0.25) is 0 Å². The van der Waals surface area contributed by atoms with Gasteiger partial charge in [-0.15, -0.1) is 0 Å². The second-order valence-corrected chi connectivity index (χ2v) is 7.97. The predicted molar refractivity (Wildman–Crippen MR) is 83.4 cm³/mol. The van der Waals surface area contributed by atoms with E-state index < -0.39 is 0 Å². The van der Waals surface area contributed by atoms with Crippen molar-refractivity contribution in [3.05, 3.63) is 24.3 Å². The SMILES string of the molecule is COC1(CC/N=S2/CNCC(C)(C)C2)C=CC=CC1. The molecule has 1 heterocycles. The molecular weight excluding hydrogens is 256 g/mol. The highest BCUT2D eigenvalue weighted by Crippen LogP contribution is 2.26. The Labute approximate surface area is 119 Å². The summed E-state index contributed by atoms with van der Waals surface area (Å²) in [6, 6.07) is 0. The fourth-order valence-corrected chi connectivity index (χ4v) is 4.58. The summed E-state index contributed by atoms with van der Waals surface area (Å²) in [6.45, 7) is 6.65. The Morgan fingerprint density at radius 1 is 1.37 bits per heavy atom. The summed E-state index contributed by atoms with van der Waals surface area (Å²) in [5, 5.41) is 3.50. The average Bonchev–Trinajstić information content (AvgIpc) is 2.39. The van der Waals surface area contributed by atoms with Gasteiger partial charge in [0.15, 0.2) is 0 Å². The Morgan fingerprint density at radius 2 is 2.21 bits per heavy atom. The zero-order chi connectivity index (χ0) is 13.8. The number of allylic oxidation sites excluding steroid dienone is 2. The number of hydrogen-bond donors (Lipinski definition) is 1. The van der Waals surface area contributed by atoms with Crippen molar-refractivity contribution in [1.82, 2.24) is 5.32 Å². The minimum absolute atomic E-state index is 0.125. The molecule has 0 aromatic heterocycles. The Morgan fingerprint density at radius 3 is 2.84 bits per heavy atom. The van der Waals surface area contributed by atoms with Crippen molar-refractivity contribution in [1.29, 1.82) is 0 Å². The first-order chi connectivity index (χ1) is 9.05. The van der Waals surface area contributed by atoms with Gasteiger partial charge in [0.05, 0.1) is 11.5 Å². The van der Waals surface area contributed by atoms with Crippen LogP contribution in [-0.2, 0) is 15.4 Å². The fourth-order valence-electron chi connectivity index (χ4n) is 2.60. The molecule has 0 bridgehead atoms. The van der Waals surface area contributed by atoms with Crippen LogP contribution in [0.3, 0.4) is 0 Å². The van der Waals surface area contributed by atoms with E-state index in [1.807, 2.05) is 0 Å². The van der Waals surface area contributed by atoms with E-state index in [1.165, 1.54) is 5.75 Å². The number of rotatable bonds is 4. The molecule has 0 aromatic rings. The molecule has 0 saturated carbocycles. The topological polar surface area (TPSA) is 33.6 Å². The Balaban J connectivity index is 1.88. The molecule has 2 unspecified atom stereocenters. The average molecular weight is 282 g/mol. The lowest BCUT2D eigenvalue weighted by Crippen LogP contribution is -2.42. The lowest BCUT2D eigenvalue weighted by molar-refractivity contribution is 0.0289. The molecule has 1 aliphatic heterocycles. The molecule has 0 radical (unpaired) electrons. The Bertz CT molecular complexity index is 401. The van der Waals surface area contributed by atoms with Crippen LogP contribution in [0.1, 0.15) is 26.7 Å². The van der Waals surface area contributed by atoms with Crippen molar-refractivity contribution < 1.29 is 4.74 Å². The minimum atomic E-state index is -0.125. The summed E-state index contributed by atoms with van der Waals surface area (Å²) in [7, 11) is 1.98. The second kappa shape index (κ2) is 6.33. The van der Waals surface area contributed by atoms with Crippen LogP contribution >= 0.6 is 0 Å². The molecule has 1 saturated heterocycles. The summed E-state index contributed by atoms with van der Waals surface area (Å²) in [5.74, 6) is 2.27. The molecule has 2 rings (SSSR count). The molecule has 108 valence electrons. The van der Waals surface area contributed by atoms with Gasteiger partial charge >= 0.3 is 0 Å². The molecule has 3 nitrogen and oxygen atoms in total. The quantitative estimate of drug-likeness (QED) is 0.860. The van der Waals surface area contributed by atoms with E-state index in [2.05, 4.69) is 43.5 Å². The normalized spacial score (nSPS) is 33.7. The van der Waals surface area contributed by atoms with Gasteiger partial charge in [0.25, 0.3) is 0 Å². The van der Waals surface area contributed by atoms with Crippen LogP contribution in [0.5, 0.6) is 0 Å². The second-order valence-electron chi connectivity index (χ2n) is 6.20. The molecule has 1 N–H and O–H groups in total. The maximum atomic E-state index is 5.70. The first-order valence-electron chi connectivity index (χ1n) is 7.01. The molecule has 2 aliphatic rings. The highest BCUT2D eigenvalue weighted by atomic mass is 32.2. The number of hydrogen-bond acceptors (Lipinski definition) is 3. The van der Waals surface area contributed by atoms with E-state index in [4.69, 9.17) is 9.10 Å². The molecule has 0 spiro atoms. The van der Waals surface area contributed by atoms with Gasteiger partial charge in [-0.3, -0.25) is 4.36 Å². The van der Waals surface area contributed by atoms with Crippen molar-refractivity contribution in [2.75, 3.05) is 31.8 Å². The zero-order valence-electron chi connectivity index (χ0n) is 12.3. The minimum Gasteiger partial charge on any atom is -0.374 e. The number of methoxy groups -OCH3 is 1. The number of nitrogens with zero attached hydrogens (tertiary/aromatic N) is 1. The third kappa shape index (κ3) is 4.26. The third-order valence-corrected chi connectivity index (χ3v) is 5.96. The van der Waals surface area contributed by atoms with E-state index in [-0.39, 0.29) is 16.3 Å². The van der Waals surface area contributed by atoms with E-state index in [0.29, 0.717) is 5.41 Å². The fraction of sp³-hybridized carbons (Fsp3) is 0.733. The van der Waals surface area contributed by atoms with Gasteiger partial charge in [-0.1, -0.05) is 48.8 Å². The third-order valence-electron chi connectivity index (χ3n) is 3.76. The van der Waals surface area contributed by atoms with Gasteiger partial charge in [-0.05, 0) is 11.8 Å². The molecule has 1 fully saturated rings. The van der Waals surface area contributed by atoms with Gasteiger partial charge in [0.2, 0.25) is 0 Å². The lowest BCUT2D eigenvalue weighted by atomic mass is 9.92. The molecule has 19 heavy (non-hydrogen) atoms. The molecule has 2 atom stereocenters. The maximum absolute atomic E-state index is 5.70. The molecule has 0 aromatic carbocycles.